The quantitative estimate of drug-likeness (QED) is 0.592. The molecule has 0 heterocycles. The molecule has 1 aromatic rings. The number of rotatable bonds is 3. The van der Waals surface area contributed by atoms with Crippen LogP contribution < -0.4 is 0 Å². The van der Waals surface area contributed by atoms with Crippen LogP contribution in [0.2, 0.25) is 0 Å². The summed E-state index contributed by atoms with van der Waals surface area (Å²) in [6.07, 6.45) is 1.11. The van der Waals surface area contributed by atoms with E-state index in [4.69, 9.17) is 9.66 Å². The number of carboxylic acids is 1. The number of benzene rings is 1. The van der Waals surface area contributed by atoms with Crippen molar-refractivity contribution in [3.05, 3.63) is 40.8 Å². The molecular weight excluding hydrogens is 227 g/mol. The summed E-state index contributed by atoms with van der Waals surface area (Å²) in [7, 11) is -4.18. The molecular formula is C9H9LiO5S. The van der Waals surface area contributed by atoms with E-state index in [2.05, 4.69) is 0 Å². The van der Waals surface area contributed by atoms with Crippen molar-refractivity contribution in [2.75, 3.05) is 0 Å². The number of hydrogen-bond donors (Lipinski definition) is 2. The van der Waals surface area contributed by atoms with E-state index in [0.29, 0.717) is 11.0 Å². The van der Waals surface area contributed by atoms with Crippen LogP contribution in [-0.2, 0) is 10.1 Å². The van der Waals surface area contributed by atoms with Gasteiger partial charge in [-0.25, -0.2) is 4.79 Å². The standard InChI is InChI=1S/C9H8O5S.Li.H/c10-9(11)8-3-1-2-7(6-8)4-5-15(12,13)14;;/h1-6H,(H,10,11)(H,12,13,14);;. The molecule has 0 atom stereocenters. The second-order valence-electron chi connectivity index (χ2n) is 2.75. The topological polar surface area (TPSA) is 91.7 Å². The fourth-order valence-corrected chi connectivity index (χ4v) is 1.27. The van der Waals surface area contributed by atoms with Gasteiger partial charge in [0.15, 0.2) is 0 Å². The molecule has 0 saturated carbocycles. The molecule has 0 unspecified atom stereocenters. The Morgan fingerprint density at radius 1 is 1.31 bits per heavy atom. The Hall–Kier alpha value is -1.06. The molecule has 1 aromatic carbocycles. The Kier molecular flexibility index (Phi) is 5.48. The fraction of sp³-hybridized carbons (Fsp3) is 0. The van der Waals surface area contributed by atoms with Crippen LogP contribution in [0.25, 0.3) is 6.08 Å². The monoisotopic (exact) mass is 236 g/mol. The van der Waals surface area contributed by atoms with Gasteiger partial charge < -0.3 is 5.11 Å². The number of hydrogen-bond acceptors (Lipinski definition) is 3. The van der Waals surface area contributed by atoms with Crippen molar-refractivity contribution in [2.45, 2.75) is 0 Å². The molecule has 0 spiro atoms. The van der Waals surface area contributed by atoms with Crippen molar-refractivity contribution < 1.29 is 22.9 Å². The van der Waals surface area contributed by atoms with Gasteiger partial charge in [0.25, 0.3) is 10.1 Å². The van der Waals surface area contributed by atoms with Gasteiger partial charge in [-0.3, -0.25) is 4.55 Å². The molecule has 0 radical (unpaired) electrons. The number of carbonyl (C=O) groups is 1. The molecule has 0 aliphatic carbocycles. The summed E-state index contributed by atoms with van der Waals surface area (Å²) < 4.78 is 29.2. The predicted molar refractivity (Wildman–Crippen MR) is 61.1 cm³/mol. The van der Waals surface area contributed by atoms with Gasteiger partial charge in [-0.05, 0) is 23.8 Å². The first-order valence-electron chi connectivity index (χ1n) is 3.87. The minimum atomic E-state index is -4.18. The minimum absolute atomic E-state index is 0. The van der Waals surface area contributed by atoms with Gasteiger partial charge in [0, 0.05) is 0 Å². The van der Waals surface area contributed by atoms with Gasteiger partial charge in [-0.2, -0.15) is 8.42 Å². The molecule has 0 bridgehead atoms. The Morgan fingerprint density at radius 2 is 1.94 bits per heavy atom. The average molecular weight is 236 g/mol. The van der Waals surface area contributed by atoms with Crippen molar-refractivity contribution in [3.63, 3.8) is 0 Å². The number of aromatic carboxylic acids is 1. The molecule has 0 aliphatic heterocycles. The molecule has 0 amide bonds. The van der Waals surface area contributed by atoms with Crippen molar-refractivity contribution in [2.24, 2.45) is 0 Å². The second-order valence-corrected chi connectivity index (χ2v) is 4.05. The third-order valence-electron chi connectivity index (χ3n) is 1.57. The predicted octanol–water partition coefficient (Wildman–Crippen LogP) is 0.595. The van der Waals surface area contributed by atoms with E-state index in [-0.39, 0.29) is 24.4 Å². The molecule has 7 heteroatoms. The summed E-state index contributed by atoms with van der Waals surface area (Å²) in [5, 5.41) is 9.24. The number of carboxylic acid groups (broad SMARTS) is 1. The molecule has 0 fully saturated rings. The average Bonchev–Trinajstić information content (AvgIpc) is 2.14. The van der Waals surface area contributed by atoms with Crippen LogP contribution >= 0.6 is 0 Å². The Labute approximate surface area is 105 Å². The van der Waals surface area contributed by atoms with E-state index in [0.717, 1.165) is 6.08 Å². The maximum atomic E-state index is 10.6. The Bertz CT molecular complexity index is 506. The first-order chi connectivity index (χ1) is 6.88. The van der Waals surface area contributed by atoms with Crippen LogP contribution in [0.5, 0.6) is 0 Å². The van der Waals surface area contributed by atoms with E-state index in [9.17, 15) is 13.2 Å². The third-order valence-corrected chi connectivity index (χ3v) is 2.05. The normalized spacial score (nSPS) is 11.1. The van der Waals surface area contributed by atoms with Crippen molar-refractivity contribution in [1.82, 2.24) is 0 Å². The zero-order chi connectivity index (χ0) is 11.5. The van der Waals surface area contributed by atoms with Gasteiger partial charge in [0.05, 0.1) is 11.0 Å². The van der Waals surface area contributed by atoms with Crippen LogP contribution in [0.3, 0.4) is 0 Å². The zero-order valence-electron chi connectivity index (χ0n) is 7.49. The first-order valence-corrected chi connectivity index (χ1v) is 5.38. The van der Waals surface area contributed by atoms with Gasteiger partial charge >= 0.3 is 24.8 Å². The van der Waals surface area contributed by atoms with Crippen LogP contribution in [-0.4, -0.2) is 42.9 Å². The molecule has 5 nitrogen and oxygen atoms in total. The summed E-state index contributed by atoms with van der Waals surface area (Å²) in [4.78, 5) is 10.6. The maximum absolute atomic E-state index is 10.6. The molecule has 2 N–H and O–H groups in total. The van der Waals surface area contributed by atoms with E-state index >= 15 is 0 Å². The zero-order valence-corrected chi connectivity index (χ0v) is 8.31. The van der Waals surface area contributed by atoms with Gasteiger partial charge in [0.2, 0.25) is 0 Å². The summed E-state index contributed by atoms with van der Waals surface area (Å²) in [6, 6.07) is 5.68. The van der Waals surface area contributed by atoms with Crippen LogP contribution in [0, 0.1) is 0 Å². The van der Waals surface area contributed by atoms with Crippen LogP contribution in [0.15, 0.2) is 29.7 Å². The van der Waals surface area contributed by atoms with Crippen LogP contribution in [0.4, 0.5) is 0 Å². The molecule has 0 aliphatic rings. The molecule has 0 saturated heterocycles. The third kappa shape index (κ3) is 5.14. The van der Waals surface area contributed by atoms with Crippen molar-refractivity contribution in [3.8, 4) is 0 Å². The van der Waals surface area contributed by atoms with Crippen molar-refractivity contribution >= 4 is 41.0 Å². The summed E-state index contributed by atoms with van der Waals surface area (Å²) in [5.74, 6) is -1.10. The van der Waals surface area contributed by atoms with E-state index in [1.807, 2.05) is 0 Å². The SMILES string of the molecule is O=C(O)c1cccc(C=CS(=O)(=O)O)c1.[LiH]. The van der Waals surface area contributed by atoms with Gasteiger partial charge in [0.1, 0.15) is 0 Å². The summed E-state index contributed by atoms with van der Waals surface area (Å²) in [6.45, 7) is 0. The summed E-state index contributed by atoms with van der Waals surface area (Å²) >= 11 is 0. The molecule has 1 rings (SSSR count). The van der Waals surface area contributed by atoms with Crippen molar-refractivity contribution in [1.29, 1.82) is 0 Å². The second kappa shape index (κ2) is 5.87. The Morgan fingerprint density at radius 3 is 2.44 bits per heavy atom. The van der Waals surface area contributed by atoms with Gasteiger partial charge in [-0.1, -0.05) is 12.1 Å². The summed E-state index contributed by atoms with van der Waals surface area (Å²) in [5.41, 5.74) is 0.431. The van der Waals surface area contributed by atoms with Gasteiger partial charge in [-0.15, -0.1) is 0 Å². The molecule has 82 valence electrons. The Balaban J connectivity index is 0.00000225. The molecule has 0 aromatic heterocycles. The fourth-order valence-electron chi connectivity index (χ4n) is 0.940. The van der Waals surface area contributed by atoms with E-state index in [1.165, 1.54) is 24.3 Å². The molecule has 16 heavy (non-hydrogen) atoms. The first kappa shape index (κ1) is 14.9. The van der Waals surface area contributed by atoms with E-state index < -0.39 is 16.1 Å². The van der Waals surface area contributed by atoms with E-state index in [1.54, 1.807) is 0 Å². The van der Waals surface area contributed by atoms with Crippen LogP contribution in [0.1, 0.15) is 15.9 Å².